The Balaban J connectivity index is 1.43. The number of thiazole rings is 1. The third-order valence-corrected chi connectivity index (χ3v) is 8.04. The SMILES string of the molecule is Cc1[nH]c(C(=O)Nc2nc3c(OC(CN4CCOCC4)C4CC4)cc(C(=O)O)cc3s2)c(Cl)c1Cl. The van der Waals surface area contributed by atoms with Gasteiger partial charge in [-0.2, -0.15) is 0 Å². The maximum Gasteiger partial charge on any atom is 0.335 e. The summed E-state index contributed by atoms with van der Waals surface area (Å²) in [4.78, 5) is 34.3. The molecule has 5 rings (SSSR count). The molecule has 3 N–H and O–H groups in total. The molecule has 186 valence electrons. The van der Waals surface area contributed by atoms with Crippen LogP contribution in [-0.2, 0) is 4.74 Å². The van der Waals surface area contributed by atoms with Gasteiger partial charge in [-0.3, -0.25) is 15.0 Å². The second-order valence-electron chi connectivity index (χ2n) is 8.76. The van der Waals surface area contributed by atoms with Gasteiger partial charge in [-0.15, -0.1) is 0 Å². The van der Waals surface area contributed by atoms with E-state index in [4.69, 9.17) is 32.7 Å². The minimum Gasteiger partial charge on any atom is -0.486 e. The number of carboxylic acids is 1. The number of aromatic nitrogens is 2. The number of halogens is 2. The third kappa shape index (κ3) is 5.26. The van der Waals surface area contributed by atoms with Crippen LogP contribution in [0.3, 0.4) is 0 Å². The lowest BCUT2D eigenvalue weighted by Gasteiger charge is -2.30. The predicted octanol–water partition coefficient (Wildman–Crippen LogP) is 4.68. The lowest BCUT2D eigenvalue weighted by atomic mass is 10.1. The van der Waals surface area contributed by atoms with E-state index in [1.807, 2.05) is 0 Å². The van der Waals surface area contributed by atoms with Crippen molar-refractivity contribution in [3.05, 3.63) is 39.1 Å². The summed E-state index contributed by atoms with van der Waals surface area (Å²) in [7, 11) is 0. The summed E-state index contributed by atoms with van der Waals surface area (Å²) in [5.41, 5.74) is 1.33. The number of aryl methyl sites for hydroxylation is 1. The largest absolute Gasteiger partial charge is 0.486 e. The first kappa shape index (κ1) is 24.3. The second kappa shape index (κ2) is 9.94. The fraction of sp³-hybridized carbons (Fsp3) is 0.435. The highest BCUT2D eigenvalue weighted by atomic mass is 35.5. The molecule has 0 radical (unpaired) electrons. The van der Waals surface area contributed by atoms with Crippen molar-refractivity contribution in [1.82, 2.24) is 14.9 Å². The van der Waals surface area contributed by atoms with Gasteiger partial charge < -0.3 is 19.6 Å². The summed E-state index contributed by atoms with van der Waals surface area (Å²) in [6.45, 7) is 5.53. The number of anilines is 1. The molecule has 1 saturated heterocycles. The smallest absolute Gasteiger partial charge is 0.335 e. The molecule has 0 spiro atoms. The van der Waals surface area contributed by atoms with Crippen molar-refractivity contribution in [2.75, 3.05) is 38.2 Å². The van der Waals surface area contributed by atoms with Crippen LogP contribution in [0.1, 0.15) is 39.4 Å². The first-order chi connectivity index (χ1) is 16.8. The fourth-order valence-electron chi connectivity index (χ4n) is 4.11. The van der Waals surface area contributed by atoms with Crippen molar-refractivity contribution in [3.8, 4) is 5.75 Å². The van der Waals surface area contributed by atoms with Gasteiger partial charge in [0.2, 0.25) is 0 Å². The van der Waals surface area contributed by atoms with Gasteiger partial charge in [-0.1, -0.05) is 34.5 Å². The van der Waals surface area contributed by atoms with Gasteiger partial charge in [-0.05, 0) is 37.8 Å². The maximum atomic E-state index is 12.8. The molecule has 2 aliphatic rings. The van der Waals surface area contributed by atoms with E-state index in [0.29, 0.717) is 45.9 Å². The molecule has 1 unspecified atom stereocenters. The highest BCUT2D eigenvalue weighted by molar-refractivity contribution is 7.22. The van der Waals surface area contributed by atoms with E-state index in [2.05, 4.69) is 20.2 Å². The number of carboxylic acid groups (broad SMARTS) is 1. The zero-order valence-electron chi connectivity index (χ0n) is 18.9. The average Bonchev–Trinajstić information content (AvgIpc) is 3.55. The van der Waals surface area contributed by atoms with Gasteiger partial charge in [0.1, 0.15) is 23.1 Å². The number of rotatable bonds is 8. The molecule has 35 heavy (non-hydrogen) atoms. The number of ether oxygens (including phenoxy) is 2. The molecule has 2 aromatic heterocycles. The molecular formula is C23H24Cl2N4O5S. The van der Waals surface area contributed by atoms with Gasteiger partial charge in [0.15, 0.2) is 5.13 Å². The number of H-pyrrole nitrogens is 1. The minimum atomic E-state index is -1.06. The van der Waals surface area contributed by atoms with Crippen LogP contribution in [0.25, 0.3) is 10.2 Å². The maximum absolute atomic E-state index is 12.8. The molecule has 12 heteroatoms. The van der Waals surface area contributed by atoms with Gasteiger partial charge in [0.05, 0.1) is 33.5 Å². The van der Waals surface area contributed by atoms with E-state index < -0.39 is 11.9 Å². The molecule has 1 aromatic carbocycles. The Kier molecular flexibility index (Phi) is 6.91. The van der Waals surface area contributed by atoms with Crippen LogP contribution in [0.2, 0.25) is 10.0 Å². The van der Waals surface area contributed by atoms with Gasteiger partial charge in [0, 0.05) is 25.3 Å². The highest BCUT2D eigenvalue weighted by Gasteiger charge is 2.35. The number of nitrogens with one attached hydrogen (secondary N) is 2. The summed E-state index contributed by atoms with van der Waals surface area (Å²) in [6.07, 6.45) is 2.07. The van der Waals surface area contributed by atoms with E-state index in [-0.39, 0.29) is 27.4 Å². The Hall–Kier alpha value is -2.37. The topological polar surface area (TPSA) is 117 Å². The molecule has 3 heterocycles. The summed E-state index contributed by atoms with van der Waals surface area (Å²) >= 11 is 13.4. The monoisotopic (exact) mass is 538 g/mol. The van der Waals surface area contributed by atoms with Crippen molar-refractivity contribution in [2.24, 2.45) is 5.92 Å². The van der Waals surface area contributed by atoms with E-state index >= 15 is 0 Å². The highest BCUT2D eigenvalue weighted by Crippen LogP contribution is 2.39. The van der Waals surface area contributed by atoms with Crippen molar-refractivity contribution in [1.29, 1.82) is 0 Å². The summed E-state index contributed by atoms with van der Waals surface area (Å²) in [6, 6.07) is 3.05. The third-order valence-electron chi connectivity index (χ3n) is 6.18. The van der Waals surface area contributed by atoms with Crippen molar-refractivity contribution >= 4 is 61.8 Å². The number of hydrogen-bond donors (Lipinski definition) is 3. The second-order valence-corrected chi connectivity index (χ2v) is 10.5. The summed E-state index contributed by atoms with van der Waals surface area (Å²) in [5, 5.41) is 13.1. The van der Waals surface area contributed by atoms with Crippen LogP contribution < -0.4 is 10.1 Å². The number of benzene rings is 1. The van der Waals surface area contributed by atoms with Gasteiger partial charge in [0.25, 0.3) is 5.91 Å². The van der Waals surface area contributed by atoms with Gasteiger partial charge >= 0.3 is 5.97 Å². The number of carbonyl (C=O) groups excluding carboxylic acids is 1. The number of amides is 1. The van der Waals surface area contributed by atoms with Crippen LogP contribution >= 0.6 is 34.5 Å². The lowest BCUT2D eigenvalue weighted by Crippen LogP contribution is -2.43. The molecule has 1 aliphatic carbocycles. The minimum absolute atomic E-state index is 0.0806. The molecule has 3 aromatic rings. The van der Waals surface area contributed by atoms with Crippen molar-refractivity contribution in [3.63, 3.8) is 0 Å². The fourth-order valence-corrected chi connectivity index (χ4v) is 5.44. The number of morpholine rings is 1. The standard InChI is InChI=1S/C23H24Cl2N4O5S/c1-11-17(24)18(25)20(26-11)21(30)28-23-27-19-14(8-13(22(31)32)9-16(19)35-23)34-15(12-2-3-12)10-29-4-6-33-7-5-29/h8-9,12,15,26H,2-7,10H2,1H3,(H,31,32)(H,27,28,30). The molecule has 0 bridgehead atoms. The van der Waals surface area contributed by atoms with Crippen molar-refractivity contribution in [2.45, 2.75) is 25.9 Å². The van der Waals surface area contributed by atoms with Crippen LogP contribution in [0.4, 0.5) is 5.13 Å². The molecule has 1 aliphatic heterocycles. The molecule has 9 nitrogen and oxygen atoms in total. The average molecular weight is 539 g/mol. The summed E-state index contributed by atoms with van der Waals surface area (Å²) < 4.78 is 12.5. The van der Waals surface area contributed by atoms with Gasteiger partial charge in [-0.25, -0.2) is 9.78 Å². The van der Waals surface area contributed by atoms with E-state index in [1.54, 1.807) is 6.92 Å². The van der Waals surface area contributed by atoms with E-state index in [0.717, 1.165) is 32.5 Å². The normalized spacial score (nSPS) is 17.5. The number of carbonyl (C=O) groups is 2. The Morgan fingerprint density at radius 2 is 2.06 bits per heavy atom. The number of aromatic amines is 1. The van der Waals surface area contributed by atoms with Crippen LogP contribution in [-0.4, -0.2) is 70.8 Å². The Morgan fingerprint density at radius 1 is 1.31 bits per heavy atom. The Morgan fingerprint density at radius 3 is 2.69 bits per heavy atom. The predicted molar refractivity (Wildman–Crippen MR) is 134 cm³/mol. The molecule has 1 saturated carbocycles. The lowest BCUT2D eigenvalue weighted by molar-refractivity contribution is 0.0159. The molecule has 1 atom stereocenters. The molecular weight excluding hydrogens is 515 g/mol. The zero-order chi connectivity index (χ0) is 24.7. The molecule has 2 fully saturated rings. The van der Waals surface area contributed by atoms with Crippen LogP contribution in [0.5, 0.6) is 5.75 Å². The van der Waals surface area contributed by atoms with Crippen LogP contribution in [0, 0.1) is 12.8 Å². The quantitative estimate of drug-likeness (QED) is 0.381. The number of nitrogens with zero attached hydrogens (tertiary/aromatic N) is 2. The number of aromatic carboxylic acids is 1. The Bertz CT molecular complexity index is 1280. The van der Waals surface area contributed by atoms with Crippen LogP contribution in [0.15, 0.2) is 12.1 Å². The van der Waals surface area contributed by atoms with E-state index in [1.165, 1.54) is 23.5 Å². The zero-order valence-corrected chi connectivity index (χ0v) is 21.2. The first-order valence-electron chi connectivity index (χ1n) is 11.3. The van der Waals surface area contributed by atoms with E-state index in [9.17, 15) is 14.7 Å². The number of hydrogen-bond acceptors (Lipinski definition) is 7. The number of fused-ring (bicyclic) bond motifs is 1. The van der Waals surface area contributed by atoms with Crippen molar-refractivity contribution < 1.29 is 24.2 Å². The molecule has 1 amide bonds. The Labute approximate surface area is 215 Å². The first-order valence-corrected chi connectivity index (χ1v) is 12.9. The summed E-state index contributed by atoms with van der Waals surface area (Å²) in [5.74, 6) is -0.732.